The number of carbonyl (C=O) groups excluding carboxylic acids is 1. The van der Waals surface area contributed by atoms with Crippen molar-refractivity contribution >= 4 is 27.5 Å². The van der Waals surface area contributed by atoms with E-state index in [0.717, 1.165) is 11.1 Å². The van der Waals surface area contributed by atoms with Gasteiger partial charge in [-0.05, 0) is 56.5 Å². The molecule has 0 radical (unpaired) electrons. The molecule has 1 aliphatic heterocycles. The van der Waals surface area contributed by atoms with Crippen LogP contribution in [0.5, 0.6) is 0 Å². The van der Waals surface area contributed by atoms with Crippen LogP contribution in [0.15, 0.2) is 53.4 Å². The van der Waals surface area contributed by atoms with Crippen molar-refractivity contribution in [2.45, 2.75) is 43.7 Å². The van der Waals surface area contributed by atoms with Crippen LogP contribution >= 0.6 is 11.6 Å². The Kier molecular flexibility index (Phi) is 5.89. The fraction of sp³-hybridized carbons (Fsp3) is 0.350. The number of amides is 1. The Balaban J connectivity index is 1.76. The van der Waals surface area contributed by atoms with Gasteiger partial charge in [-0.15, -0.1) is 0 Å². The standard InChI is InChI=1S/C20H23ClN2O3S/c1-14-5-11-18(12-6-14)27(25,26)23-13-3-4-19(23)20(24)22-15(2)16-7-9-17(21)10-8-16/h5-12,15,19H,3-4,13H2,1-2H3,(H,22,24). The average molecular weight is 407 g/mol. The van der Waals surface area contributed by atoms with E-state index in [9.17, 15) is 13.2 Å². The first kappa shape index (κ1) is 19.9. The molecular formula is C20H23ClN2O3S. The van der Waals surface area contributed by atoms with E-state index in [1.54, 1.807) is 36.4 Å². The first-order chi connectivity index (χ1) is 12.8. The molecule has 0 aromatic heterocycles. The van der Waals surface area contributed by atoms with Crippen molar-refractivity contribution in [2.75, 3.05) is 6.54 Å². The lowest BCUT2D eigenvalue weighted by Gasteiger charge is -2.25. The van der Waals surface area contributed by atoms with E-state index in [0.29, 0.717) is 24.4 Å². The quantitative estimate of drug-likeness (QED) is 0.823. The third kappa shape index (κ3) is 4.34. The van der Waals surface area contributed by atoms with Gasteiger partial charge in [0.25, 0.3) is 0 Å². The van der Waals surface area contributed by atoms with Crippen molar-refractivity contribution in [1.82, 2.24) is 9.62 Å². The molecule has 1 N–H and O–H groups in total. The monoisotopic (exact) mass is 406 g/mol. The number of rotatable bonds is 5. The van der Waals surface area contributed by atoms with Gasteiger partial charge in [-0.1, -0.05) is 41.4 Å². The zero-order valence-corrected chi connectivity index (χ0v) is 16.9. The smallest absolute Gasteiger partial charge is 0.243 e. The molecule has 1 saturated heterocycles. The predicted molar refractivity (Wildman–Crippen MR) is 106 cm³/mol. The van der Waals surface area contributed by atoms with Gasteiger partial charge in [-0.2, -0.15) is 4.31 Å². The number of sulfonamides is 1. The van der Waals surface area contributed by atoms with Crippen molar-refractivity contribution in [3.05, 3.63) is 64.7 Å². The molecule has 0 spiro atoms. The van der Waals surface area contributed by atoms with Crippen molar-refractivity contribution in [3.8, 4) is 0 Å². The highest BCUT2D eigenvalue weighted by Crippen LogP contribution is 2.27. The number of benzene rings is 2. The number of halogens is 1. The highest BCUT2D eigenvalue weighted by atomic mass is 35.5. The topological polar surface area (TPSA) is 66.5 Å². The first-order valence-corrected chi connectivity index (χ1v) is 10.7. The SMILES string of the molecule is Cc1ccc(S(=O)(=O)N2CCCC2C(=O)NC(C)c2ccc(Cl)cc2)cc1. The average Bonchev–Trinajstić information content (AvgIpc) is 3.13. The van der Waals surface area contributed by atoms with E-state index in [4.69, 9.17) is 11.6 Å². The molecule has 1 amide bonds. The van der Waals surface area contributed by atoms with Crippen LogP contribution in [0.3, 0.4) is 0 Å². The second-order valence-electron chi connectivity index (χ2n) is 6.87. The van der Waals surface area contributed by atoms with Gasteiger partial charge in [0, 0.05) is 11.6 Å². The maximum atomic E-state index is 13.0. The van der Waals surface area contributed by atoms with E-state index < -0.39 is 16.1 Å². The van der Waals surface area contributed by atoms with E-state index >= 15 is 0 Å². The van der Waals surface area contributed by atoms with Gasteiger partial charge in [0.2, 0.25) is 15.9 Å². The lowest BCUT2D eigenvalue weighted by molar-refractivity contribution is -0.124. The van der Waals surface area contributed by atoms with E-state index in [-0.39, 0.29) is 16.8 Å². The maximum Gasteiger partial charge on any atom is 0.243 e. The fourth-order valence-electron chi connectivity index (χ4n) is 3.28. The predicted octanol–water partition coefficient (Wildman–Crippen LogP) is 3.68. The number of carbonyl (C=O) groups is 1. The number of hydrogen-bond acceptors (Lipinski definition) is 3. The largest absolute Gasteiger partial charge is 0.348 e. The normalized spacial score (nSPS) is 19.0. The minimum atomic E-state index is -3.70. The molecule has 27 heavy (non-hydrogen) atoms. The highest BCUT2D eigenvalue weighted by molar-refractivity contribution is 7.89. The summed E-state index contributed by atoms with van der Waals surface area (Å²) in [5.41, 5.74) is 1.90. The summed E-state index contributed by atoms with van der Waals surface area (Å²) in [5.74, 6) is -0.273. The van der Waals surface area contributed by atoms with Gasteiger partial charge in [0.15, 0.2) is 0 Å². The Hall–Kier alpha value is -1.89. The lowest BCUT2D eigenvalue weighted by Crippen LogP contribution is -2.46. The molecule has 2 unspecified atom stereocenters. The fourth-order valence-corrected chi connectivity index (χ4v) is 5.06. The summed E-state index contributed by atoms with van der Waals surface area (Å²) in [6.45, 7) is 4.12. The van der Waals surface area contributed by atoms with Gasteiger partial charge in [0.1, 0.15) is 6.04 Å². The molecule has 2 aromatic rings. The zero-order valence-electron chi connectivity index (χ0n) is 15.4. The minimum absolute atomic E-state index is 0.221. The Bertz CT molecular complexity index is 911. The molecule has 2 atom stereocenters. The van der Waals surface area contributed by atoms with Crippen LogP contribution in [0, 0.1) is 6.92 Å². The third-order valence-electron chi connectivity index (χ3n) is 4.86. The number of nitrogens with zero attached hydrogens (tertiary/aromatic N) is 1. The van der Waals surface area contributed by atoms with Crippen molar-refractivity contribution in [3.63, 3.8) is 0 Å². The molecular weight excluding hydrogens is 384 g/mol. The summed E-state index contributed by atoms with van der Waals surface area (Å²) < 4.78 is 27.3. The van der Waals surface area contributed by atoms with Gasteiger partial charge >= 0.3 is 0 Å². The molecule has 0 saturated carbocycles. The summed E-state index contributed by atoms with van der Waals surface area (Å²) in [6, 6.07) is 13.0. The van der Waals surface area contributed by atoms with Crippen molar-refractivity contribution in [2.24, 2.45) is 0 Å². The molecule has 1 heterocycles. The van der Waals surface area contributed by atoms with Crippen LogP contribution in [-0.2, 0) is 14.8 Å². The lowest BCUT2D eigenvalue weighted by atomic mass is 10.1. The molecule has 7 heteroatoms. The van der Waals surface area contributed by atoms with Crippen LogP contribution in [-0.4, -0.2) is 31.2 Å². The highest BCUT2D eigenvalue weighted by Gasteiger charge is 2.39. The summed E-state index contributed by atoms with van der Waals surface area (Å²) >= 11 is 5.90. The Labute approximate surface area is 165 Å². The second-order valence-corrected chi connectivity index (χ2v) is 9.20. The van der Waals surface area contributed by atoms with E-state index in [2.05, 4.69) is 5.32 Å². The van der Waals surface area contributed by atoms with E-state index in [1.807, 2.05) is 26.0 Å². The van der Waals surface area contributed by atoms with Crippen molar-refractivity contribution < 1.29 is 13.2 Å². The van der Waals surface area contributed by atoms with Crippen molar-refractivity contribution in [1.29, 1.82) is 0 Å². The molecule has 1 fully saturated rings. The van der Waals surface area contributed by atoms with Crippen LogP contribution < -0.4 is 5.32 Å². The molecule has 1 aliphatic rings. The first-order valence-electron chi connectivity index (χ1n) is 8.93. The van der Waals surface area contributed by atoms with Gasteiger partial charge in [-0.3, -0.25) is 4.79 Å². The zero-order chi connectivity index (χ0) is 19.6. The molecule has 0 aliphatic carbocycles. The Morgan fingerprint density at radius 2 is 1.78 bits per heavy atom. The summed E-state index contributed by atoms with van der Waals surface area (Å²) in [5, 5.41) is 3.56. The molecule has 3 rings (SSSR count). The van der Waals surface area contributed by atoms with E-state index in [1.165, 1.54) is 4.31 Å². The summed E-state index contributed by atoms with van der Waals surface area (Å²) in [6.07, 6.45) is 1.18. The number of aryl methyl sites for hydroxylation is 1. The minimum Gasteiger partial charge on any atom is -0.348 e. The number of nitrogens with one attached hydrogen (secondary N) is 1. The Morgan fingerprint density at radius 3 is 2.41 bits per heavy atom. The molecule has 5 nitrogen and oxygen atoms in total. The second kappa shape index (κ2) is 8.00. The molecule has 144 valence electrons. The van der Waals surface area contributed by atoms with Crippen LogP contribution in [0.1, 0.15) is 36.9 Å². The van der Waals surface area contributed by atoms with Gasteiger partial charge in [-0.25, -0.2) is 8.42 Å². The maximum absolute atomic E-state index is 13.0. The molecule has 0 bridgehead atoms. The van der Waals surface area contributed by atoms with Gasteiger partial charge < -0.3 is 5.32 Å². The summed E-state index contributed by atoms with van der Waals surface area (Å²) in [4.78, 5) is 13.0. The van der Waals surface area contributed by atoms with Crippen LogP contribution in [0.4, 0.5) is 0 Å². The number of hydrogen-bond donors (Lipinski definition) is 1. The van der Waals surface area contributed by atoms with Gasteiger partial charge in [0.05, 0.1) is 10.9 Å². The Morgan fingerprint density at radius 1 is 1.15 bits per heavy atom. The van der Waals surface area contributed by atoms with Crippen LogP contribution in [0.2, 0.25) is 5.02 Å². The summed E-state index contributed by atoms with van der Waals surface area (Å²) in [7, 11) is -3.70. The molecule has 2 aromatic carbocycles. The van der Waals surface area contributed by atoms with Crippen LogP contribution in [0.25, 0.3) is 0 Å². The third-order valence-corrected chi connectivity index (χ3v) is 7.04.